The van der Waals surface area contributed by atoms with Crippen molar-refractivity contribution in [1.29, 1.82) is 0 Å². The molecule has 5 nitrogen and oxygen atoms in total. The van der Waals surface area contributed by atoms with Crippen LogP contribution in [-0.2, 0) is 0 Å². The van der Waals surface area contributed by atoms with Crippen molar-refractivity contribution in [2.45, 2.75) is 19.8 Å². The standard InChI is InChI=1S/C14H16N2O3/c1-8(2)9-4-5-12(19-3)10(6-9)11-7-15-13(16-11)14(17)18/h4-8H,1-3H3,(H,15,16)(H,17,18). The third kappa shape index (κ3) is 2.59. The number of nitrogens with zero attached hydrogens (tertiary/aromatic N) is 1. The molecule has 1 heterocycles. The number of ether oxygens (including phenoxy) is 1. The van der Waals surface area contributed by atoms with Crippen LogP contribution >= 0.6 is 0 Å². The van der Waals surface area contributed by atoms with Gasteiger partial charge in [-0.25, -0.2) is 9.78 Å². The molecule has 100 valence electrons. The number of carbonyl (C=O) groups is 1. The Morgan fingerprint density at radius 1 is 1.42 bits per heavy atom. The molecule has 0 spiro atoms. The van der Waals surface area contributed by atoms with Crippen molar-refractivity contribution in [1.82, 2.24) is 9.97 Å². The maximum Gasteiger partial charge on any atom is 0.371 e. The van der Waals surface area contributed by atoms with Crippen molar-refractivity contribution in [2.24, 2.45) is 0 Å². The number of hydrogen-bond donors (Lipinski definition) is 2. The van der Waals surface area contributed by atoms with Gasteiger partial charge in [-0.2, -0.15) is 0 Å². The fourth-order valence-corrected chi connectivity index (χ4v) is 1.86. The van der Waals surface area contributed by atoms with Crippen molar-refractivity contribution in [3.05, 3.63) is 35.8 Å². The van der Waals surface area contributed by atoms with Crippen LogP contribution in [0.25, 0.3) is 11.3 Å². The first-order valence-corrected chi connectivity index (χ1v) is 5.99. The van der Waals surface area contributed by atoms with E-state index in [1.54, 1.807) is 7.11 Å². The summed E-state index contributed by atoms with van der Waals surface area (Å²) in [5.41, 5.74) is 2.60. The number of benzene rings is 1. The summed E-state index contributed by atoms with van der Waals surface area (Å²) in [5.74, 6) is -0.0891. The van der Waals surface area contributed by atoms with E-state index in [2.05, 4.69) is 23.8 Å². The van der Waals surface area contributed by atoms with E-state index < -0.39 is 5.97 Å². The van der Waals surface area contributed by atoms with Crippen LogP contribution < -0.4 is 4.74 Å². The zero-order chi connectivity index (χ0) is 14.0. The molecular weight excluding hydrogens is 244 g/mol. The van der Waals surface area contributed by atoms with E-state index in [-0.39, 0.29) is 5.82 Å². The highest BCUT2D eigenvalue weighted by Gasteiger charge is 2.14. The van der Waals surface area contributed by atoms with E-state index in [1.165, 1.54) is 6.20 Å². The molecule has 1 aromatic heterocycles. The van der Waals surface area contributed by atoms with Gasteiger partial charge in [0, 0.05) is 5.56 Å². The lowest BCUT2D eigenvalue weighted by molar-refractivity contribution is 0.0685. The molecule has 2 aromatic rings. The second-order valence-electron chi connectivity index (χ2n) is 4.57. The van der Waals surface area contributed by atoms with Gasteiger partial charge >= 0.3 is 5.97 Å². The zero-order valence-electron chi connectivity index (χ0n) is 11.1. The van der Waals surface area contributed by atoms with Gasteiger partial charge in [-0.3, -0.25) is 0 Å². The van der Waals surface area contributed by atoms with Crippen LogP contribution in [0.2, 0.25) is 0 Å². The first-order chi connectivity index (χ1) is 9.02. The fourth-order valence-electron chi connectivity index (χ4n) is 1.86. The van der Waals surface area contributed by atoms with E-state index >= 15 is 0 Å². The largest absolute Gasteiger partial charge is 0.496 e. The average molecular weight is 260 g/mol. The number of carboxylic acids is 1. The van der Waals surface area contributed by atoms with Crippen LogP contribution in [-0.4, -0.2) is 28.2 Å². The third-order valence-electron chi connectivity index (χ3n) is 2.96. The highest BCUT2D eigenvalue weighted by Crippen LogP contribution is 2.31. The van der Waals surface area contributed by atoms with Gasteiger partial charge in [-0.15, -0.1) is 0 Å². The lowest BCUT2D eigenvalue weighted by Gasteiger charge is -2.11. The third-order valence-corrected chi connectivity index (χ3v) is 2.96. The van der Waals surface area contributed by atoms with Gasteiger partial charge in [0.15, 0.2) is 0 Å². The number of carboxylic acid groups (broad SMARTS) is 1. The van der Waals surface area contributed by atoms with Crippen molar-refractivity contribution >= 4 is 5.97 Å². The lowest BCUT2D eigenvalue weighted by Crippen LogP contribution is -1.98. The molecule has 0 fully saturated rings. The molecule has 0 aliphatic heterocycles. The number of rotatable bonds is 4. The second-order valence-corrected chi connectivity index (χ2v) is 4.57. The Kier molecular flexibility index (Phi) is 3.55. The van der Waals surface area contributed by atoms with Gasteiger partial charge in [0.1, 0.15) is 5.75 Å². The predicted molar refractivity (Wildman–Crippen MR) is 71.6 cm³/mol. The molecule has 19 heavy (non-hydrogen) atoms. The van der Waals surface area contributed by atoms with Gasteiger partial charge in [-0.1, -0.05) is 19.9 Å². The lowest BCUT2D eigenvalue weighted by atomic mass is 9.99. The van der Waals surface area contributed by atoms with Crippen LogP contribution in [0.1, 0.15) is 35.9 Å². The average Bonchev–Trinajstić information content (AvgIpc) is 2.87. The van der Waals surface area contributed by atoms with Crippen LogP contribution in [0.5, 0.6) is 5.75 Å². The van der Waals surface area contributed by atoms with Gasteiger partial charge in [-0.05, 0) is 23.6 Å². The summed E-state index contributed by atoms with van der Waals surface area (Å²) in [5, 5.41) is 8.89. The number of methoxy groups -OCH3 is 1. The van der Waals surface area contributed by atoms with Crippen LogP contribution in [0.15, 0.2) is 24.4 Å². The number of H-pyrrole nitrogens is 1. The molecule has 0 aliphatic carbocycles. The minimum atomic E-state index is -1.08. The Morgan fingerprint density at radius 3 is 2.68 bits per heavy atom. The van der Waals surface area contributed by atoms with Crippen LogP contribution in [0.4, 0.5) is 0 Å². The second kappa shape index (κ2) is 5.14. The molecular formula is C14H16N2O3. The van der Waals surface area contributed by atoms with Crippen LogP contribution in [0, 0.1) is 0 Å². The summed E-state index contributed by atoms with van der Waals surface area (Å²) >= 11 is 0. The Balaban J connectivity index is 2.51. The Labute approximate surface area is 111 Å². The van der Waals surface area contributed by atoms with E-state index in [0.29, 0.717) is 17.4 Å². The summed E-state index contributed by atoms with van der Waals surface area (Å²) in [4.78, 5) is 17.5. The van der Waals surface area contributed by atoms with Crippen molar-refractivity contribution in [2.75, 3.05) is 7.11 Å². The molecule has 0 unspecified atom stereocenters. The number of aromatic nitrogens is 2. The molecule has 0 amide bonds. The molecule has 0 radical (unpaired) electrons. The molecule has 0 bridgehead atoms. The van der Waals surface area contributed by atoms with E-state index in [4.69, 9.17) is 9.84 Å². The summed E-state index contributed by atoms with van der Waals surface area (Å²) in [6.07, 6.45) is 1.51. The smallest absolute Gasteiger partial charge is 0.371 e. The highest BCUT2D eigenvalue weighted by atomic mass is 16.5. The Morgan fingerprint density at radius 2 is 2.16 bits per heavy atom. The number of hydrogen-bond acceptors (Lipinski definition) is 3. The minimum Gasteiger partial charge on any atom is -0.496 e. The number of imidazole rings is 1. The number of aromatic amines is 1. The molecule has 1 aromatic carbocycles. The molecule has 5 heteroatoms. The quantitative estimate of drug-likeness (QED) is 0.886. The maximum absolute atomic E-state index is 10.9. The first kappa shape index (κ1) is 13.1. The highest BCUT2D eigenvalue weighted by molar-refractivity contribution is 5.84. The summed E-state index contributed by atoms with van der Waals surface area (Å²) < 4.78 is 5.31. The number of aromatic carboxylic acids is 1. The molecule has 0 aliphatic rings. The normalized spacial score (nSPS) is 10.7. The van der Waals surface area contributed by atoms with Crippen molar-refractivity contribution in [3.8, 4) is 17.0 Å². The molecule has 2 N–H and O–H groups in total. The Hall–Kier alpha value is -2.30. The number of nitrogens with one attached hydrogen (secondary N) is 1. The summed E-state index contributed by atoms with van der Waals surface area (Å²) in [7, 11) is 1.59. The Bertz CT molecular complexity index is 602. The van der Waals surface area contributed by atoms with Crippen molar-refractivity contribution < 1.29 is 14.6 Å². The topological polar surface area (TPSA) is 75.2 Å². The SMILES string of the molecule is COc1ccc(C(C)C)cc1-c1cnc(C(=O)O)[nH]1. The van der Waals surface area contributed by atoms with Crippen LogP contribution in [0.3, 0.4) is 0 Å². The molecule has 0 saturated heterocycles. The van der Waals surface area contributed by atoms with E-state index in [0.717, 1.165) is 11.1 Å². The predicted octanol–water partition coefficient (Wildman–Crippen LogP) is 2.91. The molecule has 2 rings (SSSR count). The summed E-state index contributed by atoms with van der Waals surface area (Å²) in [6.45, 7) is 4.20. The van der Waals surface area contributed by atoms with Gasteiger partial charge in [0.05, 0.1) is 19.0 Å². The van der Waals surface area contributed by atoms with Crippen molar-refractivity contribution in [3.63, 3.8) is 0 Å². The first-order valence-electron chi connectivity index (χ1n) is 5.99. The van der Waals surface area contributed by atoms with Gasteiger partial charge < -0.3 is 14.8 Å². The maximum atomic E-state index is 10.9. The van der Waals surface area contributed by atoms with Gasteiger partial charge in [0.25, 0.3) is 0 Å². The zero-order valence-corrected chi connectivity index (χ0v) is 11.1. The van der Waals surface area contributed by atoms with E-state index in [9.17, 15) is 4.79 Å². The molecule has 0 saturated carbocycles. The monoisotopic (exact) mass is 260 g/mol. The van der Waals surface area contributed by atoms with Gasteiger partial charge in [0.2, 0.25) is 5.82 Å². The minimum absolute atomic E-state index is 0.0768. The molecule has 0 atom stereocenters. The summed E-state index contributed by atoms with van der Waals surface area (Å²) in [6, 6.07) is 5.87. The van der Waals surface area contributed by atoms with E-state index in [1.807, 2.05) is 18.2 Å². The fraction of sp³-hybridized carbons (Fsp3) is 0.286.